The van der Waals surface area contributed by atoms with Gasteiger partial charge in [0.05, 0.1) is 58.2 Å². The van der Waals surface area contributed by atoms with Gasteiger partial charge in [0.2, 0.25) is 0 Å². The number of para-hydroxylation sites is 4. The van der Waals surface area contributed by atoms with E-state index in [9.17, 15) is 0 Å². The van der Waals surface area contributed by atoms with Gasteiger partial charge >= 0.3 is 0 Å². The first-order valence-corrected chi connectivity index (χ1v) is 43.4. The van der Waals surface area contributed by atoms with Crippen LogP contribution in [0.2, 0.25) is 0 Å². The highest BCUT2D eigenvalue weighted by atomic mass is 15.1. The van der Waals surface area contributed by atoms with Gasteiger partial charge in [-0.05, 0) is 89.4 Å². The molecule has 620 valence electrons. The lowest BCUT2D eigenvalue weighted by Crippen LogP contribution is -2.14. The normalized spacial score (nSPS) is 13.1. The summed E-state index contributed by atoms with van der Waals surface area (Å²) in [5, 5.41) is 5.79. The van der Waals surface area contributed by atoms with Crippen molar-refractivity contribution in [2.75, 3.05) is 0 Å². The Kier molecular flexibility index (Phi) is 16.7. The zero-order chi connectivity index (χ0) is 96.5. The van der Waals surface area contributed by atoms with Crippen LogP contribution in [0.5, 0.6) is 0 Å². The predicted molar refractivity (Wildman–Crippen MR) is 532 cm³/mol. The second-order valence-electron chi connectivity index (χ2n) is 32.7. The molecule has 0 unspecified atom stereocenters. The van der Waals surface area contributed by atoms with Crippen molar-refractivity contribution in [3.8, 4) is 165 Å². The van der Waals surface area contributed by atoms with E-state index in [4.69, 9.17) is 73.5 Å². The van der Waals surface area contributed by atoms with Crippen LogP contribution in [0.25, 0.3) is 230 Å². The topological polar surface area (TPSA) is 169 Å². The number of fused-ring (bicyclic) bond motifs is 14. The summed E-state index contributed by atoms with van der Waals surface area (Å²) < 4.78 is 93.7. The van der Waals surface area contributed by atoms with Gasteiger partial charge in [-0.3, -0.25) is 0 Å². The smallest absolute Gasteiger partial charge is 0.166 e. The van der Waals surface area contributed by atoms with Crippen LogP contribution in [0.1, 0.15) is 38.7 Å². The highest BCUT2D eigenvalue weighted by molar-refractivity contribution is 6.26. The third-order valence-electron chi connectivity index (χ3n) is 24.5. The Hall–Kier alpha value is -17.8. The van der Waals surface area contributed by atoms with Crippen LogP contribution in [0.4, 0.5) is 0 Å². The van der Waals surface area contributed by atoms with Crippen molar-refractivity contribution >= 4 is 65.4 Å². The molecule has 0 amide bonds. The summed E-state index contributed by atoms with van der Waals surface area (Å²) in [7, 11) is 0. The van der Waals surface area contributed by atoms with Crippen molar-refractivity contribution in [1.29, 1.82) is 0 Å². The molecule has 0 fully saturated rings. The summed E-state index contributed by atoms with van der Waals surface area (Å²) in [5.74, 6) is 4.70. The van der Waals surface area contributed by atoms with Crippen molar-refractivity contribution in [3.63, 3.8) is 0 Å². The summed E-state index contributed by atoms with van der Waals surface area (Å²) in [4.78, 5) is 61.3. The highest BCUT2D eigenvalue weighted by Crippen LogP contribution is 2.54. The van der Waals surface area contributed by atoms with E-state index < -0.39 is 48.3 Å². The van der Waals surface area contributed by atoms with Crippen molar-refractivity contribution < 1.29 is 13.7 Å². The van der Waals surface area contributed by atoms with Crippen LogP contribution >= 0.6 is 0 Å². The number of benzene rings is 17. The van der Waals surface area contributed by atoms with Gasteiger partial charge in [-0.2, -0.15) is 0 Å². The molecule has 0 aliphatic heterocycles. The fraction of sp³-hybridized carbons (Fsp3) is 0.0256. The first-order valence-electron chi connectivity index (χ1n) is 48.4. The Morgan fingerprint density at radius 2 is 0.523 bits per heavy atom. The van der Waals surface area contributed by atoms with Gasteiger partial charge in [0.25, 0.3) is 0 Å². The van der Waals surface area contributed by atoms with E-state index in [0.29, 0.717) is 91.3 Å². The van der Waals surface area contributed by atoms with Crippen LogP contribution in [-0.4, -0.2) is 73.5 Å². The quantitative estimate of drug-likeness (QED) is 0.0953. The first kappa shape index (κ1) is 67.5. The third-order valence-corrected chi connectivity index (χ3v) is 24.5. The van der Waals surface area contributed by atoms with E-state index in [1.54, 1.807) is 4.57 Å². The van der Waals surface area contributed by atoms with Crippen LogP contribution in [0.3, 0.4) is 0 Å². The maximum absolute atomic E-state index is 9.16. The lowest BCUT2D eigenvalue weighted by atomic mass is 9.82. The minimum atomic E-state index is -0.503. The molecule has 7 aromatic heterocycles. The molecule has 0 saturated carbocycles. The Morgan fingerprint density at radius 3 is 0.932 bits per heavy atom. The molecule has 1 aliphatic carbocycles. The maximum Gasteiger partial charge on any atom is 0.166 e. The molecule has 0 atom stereocenters. The molecule has 132 heavy (non-hydrogen) atoms. The summed E-state index contributed by atoms with van der Waals surface area (Å²) in [6.07, 6.45) is 0. The lowest BCUT2D eigenvalue weighted by molar-refractivity contribution is 0.661. The molecule has 24 aromatic rings. The predicted octanol–water partition coefficient (Wildman–Crippen LogP) is 27.7. The largest absolute Gasteiger partial charge is 0.309 e. The van der Waals surface area contributed by atoms with Gasteiger partial charge < -0.3 is 13.7 Å². The van der Waals surface area contributed by atoms with Gasteiger partial charge in [0, 0.05) is 116 Å². The minimum absolute atomic E-state index is 0.0568. The number of nitrogens with zero attached hydrogens (tertiary/aromatic N) is 15. The molecule has 0 bridgehead atoms. The molecule has 15 nitrogen and oxygen atoms in total. The van der Waals surface area contributed by atoms with Crippen LogP contribution in [0, 0.1) is 0 Å². The van der Waals surface area contributed by atoms with Crippen LogP contribution < -0.4 is 0 Å². The summed E-state index contributed by atoms with van der Waals surface area (Å²) in [6, 6.07) is 118. The van der Waals surface area contributed by atoms with Crippen molar-refractivity contribution in [2.24, 2.45) is 0 Å². The lowest BCUT2D eigenvalue weighted by Gasteiger charge is -2.21. The maximum atomic E-state index is 9.16. The van der Waals surface area contributed by atoms with Gasteiger partial charge in [-0.1, -0.05) is 372 Å². The van der Waals surface area contributed by atoms with Gasteiger partial charge in [0.1, 0.15) is 0 Å². The summed E-state index contributed by atoms with van der Waals surface area (Å²) in [5.41, 5.74) is 19.4. The zero-order valence-electron chi connectivity index (χ0n) is 80.9. The molecule has 15 heteroatoms. The van der Waals surface area contributed by atoms with Crippen molar-refractivity contribution in [2.45, 2.75) is 19.3 Å². The first-order chi connectivity index (χ1) is 69.4. The monoisotopic (exact) mass is 1700 g/mol. The van der Waals surface area contributed by atoms with E-state index >= 15 is 0 Å². The van der Waals surface area contributed by atoms with Crippen molar-refractivity contribution in [1.82, 2.24) is 73.5 Å². The molecule has 1 aliphatic rings. The average Bonchev–Trinajstić information content (AvgIpc) is 1.53. The highest BCUT2D eigenvalue weighted by Gasteiger charge is 2.38. The Morgan fingerprint density at radius 1 is 0.212 bits per heavy atom. The van der Waals surface area contributed by atoms with Gasteiger partial charge in [-0.25, -0.2) is 59.8 Å². The second-order valence-corrected chi connectivity index (χ2v) is 32.7. The van der Waals surface area contributed by atoms with Gasteiger partial charge in [-0.15, -0.1) is 0 Å². The SMILES string of the molecule is [2H]c1c([2H])c([2H])c(-c2nc(-c3ccccc3)nc(-c3ccc(-n4c5ccccc5c5ccc6c(c54)-c4ccccc4C6(C)C)c(-c4nc(-c5ccccc5)nc(-c5ccccc5)n4)c3)n2)c([2H])c1[2H].[2H]c1c([2H])c([2H])c(-n2c3ccccc3c3c2ccc2c4ccccc4n(-c4ccc(-c5nc(-c6ccccc6)nc(-c6ccccc6)n5)cc4-c4nc(-c5ccccc5)nc(-c5ccccc5)n4)c23)c([2H])c1[2H]. The molecular weight excluding hydrogens is 1620 g/mol. The van der Waals surface area contributed by atoms with Crippen LogP contribution in [-0.2, 0) is 5.41 Å². The average molecular weight is 1700 g/mol. The number of hydrogen-bond acceptors (Lipinski definition) is 12. The standard InChI is InChI=1S/C60H38N8.C57H39N7/c1-6-20-39(21-7-1)55-61-56(40-22-8-2-9-23-40)64-59(63-55)43-34-36-51(48(38-43)60-65-57(41-24-10-3-11-25-41)62-58(66-60)42-26-12-4-13-27-42)68-49-32-18-16-30-45(49)46-35-37-52-53(54(46)68)47-31-17-19-33-50(47)67(52)44-28-14-5-15-29-44;1-57(2)45-29-17-15-28-43(45)49-46(57)33-32-42-41-27-16-18-30-47(41)64(50(42)49)48-34-31-40(55-60-51(36-19-7-3-8-20-36)58-52(61-55)37-21-9-4-10-22-37)35-44(48)56-62-53(38-23-11-5-12-24-38)59-54(63-56)39-25-13-6-14-26-39/h1-38H;3-35H,1-2H3/i5D,14D,15D,28D,29D;3D,7D,8D,19D,20D. The van der Waals surface area contributed by atoms with E-state index in [-0.39, 0.29) is 46.2 Å². The third kappa shape index (κ3) is 13.7. The summed E-state index contributed by atoms with van der Waals surface area (Å²) >= 11 is 0. The Balaban J connectivity index is 0.000000154. The van der Waals surface area contributed by atoms with E-state index in [2.05, 4.69) is 108 Å². The Bertz CT molecular complexity index is 9030. The van der Waals surface area contributed by atoms with Gasteiger partial charge in [0.15, 0.2) is 69.9 Å². The molecule has 17 aromatic carbocycles. The molecule has 0 spiro atoms. The number of aromatic nitrogens is 15. The summed E-state index contributed by atoms with van der Waals surface area (Å²) in [6.45, 7) is 4.57. The number of rotatable bonds is 15. The fourth-order valence-corrected chi connectivity index (χ4v) is 18.4. The molecule has 25 rings (SSSR count). The molecule has 0 radical (unpaired) electrons. The second kappa shape index (κ2) is 32.6. The fourth-order valence-electron chi connectivity index (χ4n) is 18.4. The molecule has 0 saturated heterocycles. The molecule has 7 heterocycles. The van der Waals surface area contributed by atoms with E-state index in [1.165, 1.54) is 16.7 Å². The zero-order valence-corrected chi connectivity index (χ0v) is 70.9. The minimum Gasteiger partial charge on any atom is -0.309 e. The number of hydrogen-bond donors (Lipinski definition) is 0. The Labute approximate surface area is 774 Å². The molecular formula is C117H77N15. The van der Waals surface area contributed by atoms with Crippen molar-refractivity contribution in [3.05, 3.63) is 442 Å². The van der Waals surface area contributed by atoms with E-state index in [1.807, 2.05) is 285 Å². The molecule has 0 N–H and O–H groups in total. The van der Waals surface area contributed by atoms with Crippen LogP contribution in [0.15, 0.2) is 430 Å². The van der Waals surface area contributed by atoms with E-state index in [0.717, 1.165) is 105 Å².